The van der Waals surface area contributed by atoms with Gasteiger partial charge in [0.05, 0.1) is 5.60 Å². The molecule has 1 spiro atoms. The van der Waals surface area contributed by atoms with Crippen LogP contribution in [0.25, 0.3) is 0 Å². The lowest BCUT2D eigenvalue weighted by molar-refractivity contribution is -0.0662. The summed E-state index contributed by atoms with van der Waals surface area (Å²) in [5.74, 6) is 0.585. The highest BCUT2D eigenvalue weighted by Crippen LogP contribution is 2.42. The second-order valence-corrected chi connectivity index (χ2v) is 6.35. The first-order valence-corrected chi connectivity index (χ1v) is 8.06. The molecule has 1 aromatic heterocycles. The number of aryl methyl sites for hydroxylation is 1. The van der Waals surface area contributed by atoms with Crippen molar-refractivity contribution in [3.05, 3.63) is 18.0 Å². The molecule has 3 rings (SSSR count). The molecule has 1 atom stereocenters. The number of hydrogen-bond acceptors (Lipinski definition) is 4. The first-order valence-electron chi connectivity index (χ1n) is 8.06. The summed E-state index contributed by atoms with van der Waals surface area (Å²) in [6.07, 6.45) is 5.79. The number of nitrogens with zero attached hydrogens (tertiary/aromatic N) is 3. The second kappa shape index (κ2) is 6.38. The molecule has 2 aliphatic heterocycles. The fourth-order valence-electron chi connectivity index (χ4n) is 3.78. The lowest BCUT2D eigenvalue weighted by Gasteiger charge is -2.42. The minimum Gasteiger partial charge on any atom is -0.385 e. The maximum atomic E-state index is 12.5. The highest BCUT2D eigenvalue weighted by molar-refractivity contribution is 5.92. The van der Waals surface area contributed by atoms with E-state index in [1.807, 2.05) is 11.9 Å². The van der Waals surface area contributed by atoms with Crippen molar-refractivity contribution >= 4 is 5.91 Å². The normalized spacial score (nSPS) is 24.1. The number of ether oxygens (including phenoxy) is 2. The highest BCUT2D eigenvalue weighted by Gasteiger charge is 2.46. The van der Waals surface area contributed by atoms with E-state index in [0.717, 1.165) is 52.0 Å². The molecule has 0 N–H and O–H groups in total. The number of rotatable bonds is 4. The molecule has 3 heterocycles. The van der Waals surface area contributed by atoms with Gasteiger partial charge in [-0.25, -0.2) is 0 Å². The topological polar surface area (TPSA) is 56.6 Å². The van der Waals surface area contributed by atoms with Crippen molar-refractivity contribution in [2.45, 2.75) is 31.3 Å². The Bertz CT molecular complexity index is 520. The molecule has 122 valence electrons. The third-order valence-corrected chi connectivity index (χ3v) is 5.10. The van der Waals surface area contributed by atoms with Gasteiger partial charge in [-0.15, -0.1) is 0 Å². The maximum Gasteiger partial charge on any atom is 0.274 e. The second-order valence-electron chi connectivity index (χ2n) is 6.35. The number of piperidine rings is 1. The molecular weight excluding hydrogens is 282 g/mol. The van der Waals surface area contributed by atoms with Crippen LogP contribution in [0.4, 0.5) is 0 Å². The Morgan fingerprint density at radius 1 is 1.50 bits per heavy atom. The number of carbonyl (C=O) groups excluding carboxylic acids is 1. The third-order valence-electron chi connectivity index (χ3n) is 5.10. The largest absolute Gasteiger partial charge is 0.385 e. The zero-order valence-corrected chi connectivity index (χ0v) is 13.5. The van der Waals surface area contributed by atoms with Gasteiger partial charge >= 0.3 is 0 Å². The highest BCUT2D eigenvalue weighted by atomic mass is 16.5. The predicted molar refractivity (Wildman–Crippen MR) is 81.6 cm³/mol. The molecule has 2 aliphatic rings. The number of aromatic nitrogens is 2. The molecule has 0 aliphatic carbocycles. The van der Waals surface area contributed by atoms with Gasteiger partial charge < -0.3 is 14.4 Å². The fourth-order valence-corrected chi connectivity index (χ4v) is 3.78. The van der Waals surface area contributed by atoms with Gasteiger partial charge in [-0.3, -0.25) is 9.48 Å². The Kier molecular flexibility index (Phi) is 4.49. The summed E-state index contributed by atoms with van der Waals surface area (Å²) in [4.78, 5) is 14.4. The summed E-state index contributed by atoms with van der Waals surface area (Å²) in [5, 5.41) is 4.21. The van der Waals surface area contributed by atoms with Gasteiger partial charge in [-0.05, 0) is 37.7 Å². The van der Waals surface area contributed by atoms with Crippen molar-refractivity contribution in [1.82, 2.24) is 14.7 Å². The van der Waals surface area contributed by atoms with Crippen LogP contribution in [0.1, 0.15) is 36.2 Å². The monoisotopic (exact) mass is 307 g/mol. The number of carbonyl (C=O) groups is 1. The van der Waals surface area contributed by atoms with Crippen LogP contribution in [0.5, 0.6) is 0 Å². The molecular formula is C16H25N3O3. The number of likely N-dealkylation sites (tertiary alicyclic amines) is 1. The lowest BCUT2D eigenvalue weighted by atomic mass is 9.78. The number of hydrogen-bond donors (Lipinski definition) is 0. The van der Waals surface area contributed by atoms with E-state index in [-0.39, 0.29) is 11.5 Å². The van der Waals surface area contributed by atoms with E-state index in [4.69, 9.17) is 9.47 Å². The summed E-state index contributed by atoms with van der Waals surface area (Å²) < 4.78 is 13.0. The Hall–Kier alpha value is -1.40. The van der Waals surface area contributed by atoms with Crippen LogP contribution in [0, 0.1) is 5.92 Å². The molecule has 1 aromatic rings. The molecule has 1 amide bonds. The van der Waals surface area contributed by atoms with E-state index < -0.39 is 0 Å². The SMILES string of the molecule is COCC[C@H]1CCOC12CCN(C(=O)c1ccn(C)n1)CC2. The summed E-state index contributed by atoms with van der Waals surface area (Å²) in [6.45, 7) is 3.12. The first-order chi connectivity index (χ1) is 10.6. The van der Waals surface area contributed by atoms with Crippen molar-refractivity contribution in [2.75, 3.05) is 33.4 Å². The molecule has 0 saturated carbocycles. The van der Waals surface area contributed by atoms with Crippen LogP contribution < -0.4 is 0 Å². The van der Waals surface area contributed by atoms with Crippen LogP contribution in [-0.4, -0.2) is 59.6 Å². The summed E-state index contributed by atoms with van der Waals surface area (Å²) in [7, 11) is 3.57. The van der Waals surface area contributed by atoms with Crippen molar-refractivity contribution < 1.29 is 14.3 Å². The zero-order valence-electron chi connectivity index (χ0n) is 13.5. The molecule has 0 unspecified atom stereocenters. The summed E-state index contributed by atoms with van der Waals surface area (Å²) in [5.41, 5.74) is 0.487. The van der Waals surface area contributed by atoms with Gasteiger partial charge in [0, 0.05) is 46.7 Å². The van der Waals surface area contributed by atoms with Gasteiger partial charge in [0.15, 0.2) is 0 Å². The van der Waals surface area contributed by atoms with Gasteiger partial charge in [0.25, 0.3) is 5.91 Å². The molecule has 0 aromatic carbocycles. The molecule has 2 saturated heterocycles. The average molecular weight is 307 g/mol. The first kappa shape index (κ1) is 15.5. The molecule has 0 bridgehead atoms. The van der Waals surface area contributed by atoms with Gasteiger partial charge in [-0.2, -0.15) is 5.10 Å². The molecule has 2 fully saturated rings. The quantitative estimate of drug-likeness (QED) is 0.845. The zero-order chi connectivity index (χ0) is 15.6. The van der Waals surface area contributed by atoms with Crippen LogP contribution >= 0.6 is 0 Å². The number of methoxy groups -OCH3 is 1. The van der Waals surface area contributed by atoms with Crippen LogP contribution in [0.15, 0.2) is 12.3 Å². The average Bonchev–Trinajstić information content (AvgIpc) is 3.12. The minimum absolute atomic E-state index is 0.0295. The molecule has 22 heavy (non-hydrogen) atoms. The van der Waals surface area contributed by atoms with Crippen molar-refractivity contribution in [3.63, 3.8) is 0 Å². The Morgan fingerprint density at radius 2 is 2.27 bits per heavy atom. The van der Waals surface area contributed by atoms with E-state index in [1.165, 1.54) is 0 Å². The van der Waals surface area contributed by atoms with Crippen molar-refractivity contribution in [2.24, 2.45) is 13.0 Å². The van der Waals surface area contributed by atoms with E-state index in [0.29, 0.717) is 11.6 Å². The summed E-state index contributed by atoms with van der Waals surface area (Å²) >= 11 is 0. The van der Waals surface area contributed by atoms with Crippen LogP contribution in [0.2, 0.25) is 0 Å². The van der Waals surface area contributed by atoms with Crippen LogP contribution in [0.3, 0.4) is 0 Å². The number of amides is 1. The van der Waals surface area contributed by atoms with E-state index in [9.17, 15) is 4.79 Å². The van der Waals surface area contributed by atoms with E-state index in [2.05, 4.69) is 5.10 Å². The van der Waals surface area contributed by atoms with Crippen molar-refractivity contribution in [3.8, 4) is 0 Å². The smallest absolute Gasteiger partial charge is 0.274 e. The van der Waals surface area contributed by atoms with Crippen molar-refractivity contribution in [1.29, 1.82) is 0 Å². The lowest BCUT2D eigenvalue weighted by Crippen LogP contribution is -2.49. The Labute approximate surface area is 131 Å². The van der Waals surface area contributed by atoms with Gasteiger partial charge in [0.2, 0.25) is 0 Å². The van der Waals surface area contributed by atoms with E-state index >= 15 is 0 Å². The van der Waals surface area contributed by atoms with Gasteiger partial charge in [0.1, 0.15) is 5.69 Å². The van der Waals surface area contributed by atoms with Crippen LogP contribution in [-0.2, 0) is 16.5 Å². The predicted octanol–water partition coefficient (Wildman–Crippen LogP) is 1.47. The minimum atomic E-state index is -0.0422. The molecule has 0 radical (unpaired) electrons. The standard InChI is InChI=1S/C16H25N3O3/c1-18-8-3-14(17-18)15(20)19-9-6-16(7-10-19)13(4-11-21-2)5-12-22-16/h3,8,13H,4-7,9-12H2,1-2H3/t13-/m0/s1. The Morgan fingerprint density at radius 3 is 2.91 bits per heavy atom. The molecule has 6 heteroatoms. The maximum absolute atomic E-state index is 12.5. The van der Waals surface area contributed by atoms with E-state index in [1.54, 1.807) is 24.1 Å². The Balaban J connectivity index is 1.61. The third kappa shape index (κ3) is 2.90. The molecule has 6 nitrogen and oxygen atoms in total. The fraction of sp³-hybridized carbons (Fsp3) is 0.750. The summed E-state index contributed by atoms with van der Waals surface area (Å²) in [6, 6.07) is 1.78. The van der Waals surface area contributed by atoms with Gasteiger partial charge in [-0.1, -0.05) is 0 Å².